The molecule has 174 valence electrons. The Kier molecular flexibility index (Phi) is 7.38. The Labute approximate surface area is 187 Å². The van der Waals surface area contributed by atoms with Crippen LogP contribution in [-0.2, 0) is 22.4 Å². The Bertz CT molecular complexity index is 1220. The molecule has 3 aromatic heterocycles. The highest BCUT2D eigenvalue weighted by atomic mass is 16.4. The van der Waals surface area contributed by atoms with E-state index < -0.39 is 23.9 Å². The van der Waals surface area contributed by atoms with E-state index in [0.717, 1.165) is 36.9 Å². The Morgan fingerprint density at radius 2 is 1.88 bits per heavy atom. The third-order valence-corrected chi connectivity index (χ3v) is 5.04. The molecule has 0 aliphatic rings. The van der Waals surface area contributed by atoms with Gasteiger partial charge in [0.15, 0.2) is 0 Å². The molecule has 0 unspecified atom stereocenters. The quantitative estimate of drug-likeness (QED) is 0.226. The molecular weight excluding hydrogens is 432 g/mol. The predicted molar refractivity (Wildman–Crippen MR) is 118 cm³/mol. The number of nitrogen functional groups attached to an aromatic ring is 1. The van der Waals surface area contributed by atoms with Gasteiger partial charge in [0.25, 0.3) is 11.5 Å². The summed E-state index contributed by atoms with van der Waals surface area (Å²) in [7, 11) is 0. The van der Waals surface area contributed by atoms with E-state index in [2.05, 4.69) is 25.3 Å². The highest BCUT2D eigenvalue weighted by Crippen LogP contribution is 2.13. The second-order valence-electron chi connectivity index (χ2n) is 7.56. The molecule has 33 heavy (non-hydrogen) atoms. The summed E-state index contributed by atoms with van der Waals surface area (Å²) in [5, 5.41) is 20.6. The summed E-state index contributed by atoms with van der Waals surface area (Å²) < 4.78 is 0. The average Bonchev–Trinajstić information content (AvgIpc) is 3.17. The number of anilines is 1. The van der Waals surface area contributed by atoms with Gasteiger partial charge in [-0.2, -0.15) is 4.98 Å². The van der Waals surface area contributed by atoms with Crippen LogP contribution < -0.4 is 16.6 Å². The minimum atomic E-state index is -1.31. The molecule has 0 radical (unpaired) electrons. The number of carbonyl (C=O) groups excluding carboxylic acids is 1. The number of aryl methyl sites for hydroxylation is 2. The number of fused-ring (bicyclic) bond motifs is 1. The van der Waals surface area contributed by atoms with Crippen LogP contribution in [0.1, 0.15) is 47.4 Å². The van der Waals surface area contributed by atoms with Crippen molar-refractivity contribution < 1.29 is 24.6 Å². The van der Waals surface area contributed by atoms with Crippen molar-refractivity contribution in [2.45, 2.75) is 44.6 Å². The molecule has 3 rings (SSSR count). The van der Waals surface area contributed by atoms with Gasteiger partial charge in [-0.25, -0.2) is 4.79 Å². The fraction of sp³-hybridized carbons (Fsp3) is 0.333. The summed E-state index contributed by atoms with van der Waals surface area (Å²) in [4.78, 5) is 59.6. The number of hydrogen-bond acceptors (Lipinski definition) is 7. The highest BCUT2D eigenvalue weighted by molar-refractivity contribution is 5.95. The standard InChI is InChI=1S/C21H24N6O6/c22-21-26-17-13(18(30)27-21)9-12(24-17)4-2-1-3-11-5-6-14(23-10-11)19(31)25-15(20(32)33)7-8-16(28)29/h5-6,9-10,15H,1-4,7-8H2,(H,25,31)(H,28,29)(H,32,33)(H4,22,24,26,27,30)/t15-/m0/s1. The molecule has 0 spiro atoms. The van der Waals surface area contributed by atoms with Crippen molar-refractivity contribution in [3.05, 3.63) is 51.7 Å². The van der Waals surface area contributed by atoms with Crippen LogP contribution in [0.15, 0.2) is 29.2 Å². The van der Waals surface area contributed by atoms with Crippen molar-refractivity contribution in [2.75, 3.05) is 5.73 Å². The van der Waals surface area contributed by atoms with Gasteiger partial charge in [-0.3, -0.25) is 24.4 Å². The van der Waals surface area contributed by atoms with Crippen molar-refractivity contribution in [3.8, 4) is 0 Å². The molecule has 0 saturated heterocycles. The van der Waals surface area contributed by atoms with Gasteiger partial charge in [0.1, 0.15) is 17.4 Å². The number of carboxylic acids is 2. The van der Waals surface area contributed by atoms with E-state index in [9.17, 15) is 19.2 Å². The Balaban J connectivity index is 1.48. The molecule has 12 heteroatoms. The second-order valence-corrected chi connectivity index (χ2v) is 7.56. The van der Waals surface area contributed by atoms with Crippen molar-refractivity contribution in [2.24, 2.45) is 0 Å². The zero-order valence-corrected chi connectivity index (χ0v) is 17.6. The molecular formula is C21H24N6O6. The number of aromatic nitrogens is 4. The van der Waals surface area contributed by atoms with Gasteiger partial charge in [0, 0.05) is 18.3 Å². The van der Waals surface area contributed by atoms with Crippen molar-refractivity contribution in [1.82, 2.24) is 25.3 Å². The number of pyridine rings is 1. The normalized spacial score (nSPS) is 11.9. The number of hydrogen-bond donors (Lipinski definition) is 6. The predicted octanol–water partition coefficient (Wildman–Crippen LogP) is 0.842. The summed E-state index contributed by atoms with van der Waals surface area (Å²) in [5.74, 6) is -3.07. The van der Waals surface area contributed by atoms with Crippen LogP contribution in [0, 0.1) is 0 Å². The van der Waals surface area contributed by atoms with Crippen molar-refractivity contribution >= 4 is 34.8 Å². The molecule has 12 nitrogen and oxygen atoms in total. The first kappa shape index (κ1) is 23.4. The average molecular weight is 456 g/mol. The lowest BCUT2D eigenvalue weighted by molar-refractivity contribution is -0.140. The monoisotopic (exact) mass is 456 g/mol. The Morgan fingerprint density at radius 3 is 2.55 bits per heavy atom. The minimum absolute atomic E-state index is 0.0513. The number of aliphatic carboxylic acids is 2. The lowest BCUT2D eigenvalue weighted by Gasteiger charge is -2.13. The van der Waals surface area contributed by atoms with E-state index in [-0.39, 0.29) is 30.0 Å². The molecule has 0 saturated carbocycles. The van der Waals surface area contributed by atoms with E-state index in [4.69, 9.17) is 15.9 Å². The van der Waals surface area contributed by atoms with Crippen LogP contribution in [0.2, 0.25) is 0 Å². The zero-order chi connectivity index (χ0) is 24.0. The molecule has 3 heterocycles. The fourth-order valence-electron chi connectivity index (χ4n) is 3.33. The van der Waals surface area contributed by atoms with Gasteiger partial charge in [0.2, 0.25) is 5.95 Å². The van der Waals surface area contributed by atoms with Crippen molar-refractivity contribution in [3.63, 3.8) is 0 Å². The summed E-state index contributed by atoms with van der Waals surface area (Å²) in [6, 6.07) is 3.70. The van der Waals surface area contributed by atoms with Crippen molar-refractivity contribution in [1.29, 1.82) is 0 Å². The number of rotatable bonds is 11. The van der Waals surface area contributed by atoms with E-state index in [1.807, 2.05) is 0 Å². The molecule has 0 bridgehead atoms. The Morgan fingerprint density at radius 1 is 1.12 bits per heavy atom. The second kappa shape index (κ2) is 10.4. The number of carboxylic acid groups (broad SMARTS) is 2. The lowest BCUT2D eigenvalue weighted by atomic mass is 10.1. The van der Waals surface area contributed by atoms with E-state index in [0.29, 0.717) is 11.0 Å². The highest BCUT2D eigenvalue weighted by Gasteiger charge is 2.22. The molecule has 0 aliphatic heterocycles. The lowest BCUT2D eigenvalue weighted by Crippen LogP contribution is -2.41. The summed E-state index contributed by atoms with van der Waals surface area (Å²) in [6.07, 6.45) is 4.08. The van der Waals surface area contributed by atoms with Gasteiger partial charge in [0.05, 0.1) is 5.39 Å². The molecule has 0 aliphatic carbocycles. The number of nitrogens with zero attached hydrogens (tertiary/aromatic N) is 2. The summed E-state index contributed by atoms with van der Waals surface area (Å²) >= 11 is 0. The first-order valence-corrected chi connectivity index (χ1v) is 10.3. The maximum atomic E-state index is 12.2. The SMILES string of the molecule is Nc1nc2[nH]c(CCCCc3ccc(C(=O)N[C@@H](CCC(=O)O)C(=O)O)nc3)cc2c(=O)[nH]1. The van der Waals surface area contributed by atoms with Gasteiger partial charge < -0.3 is 26.2 Å². The van der Waals surface area contributed by atoms with Gasteiger partial charge >= 0.3 is 11.9 Å². The van der Waals surface area contributed by atoms with E-state index >= 15 is 0 Å². The number of H-pyrrole nitrogens is 2. The maximum absolute atomic E-state index is 12.2. The zero-order valence-electron chi connectivity index (χ0n) is 17.6. The van der Waals surface area contributed by atoms with Crippen LogP contribution in [0.4, 0.5) is 5.95 Å². The number of aromatic amines is 2. The molecule has 1 amide bonds. The third-order valence-electron chi connectivity index (χ3n) is 5.04. The summed E-state index contributed by atoms with van der Waals surface area (Å²) in [5.41, 5.74) is 7.56. The maximum Gasteiger partial charge on any atom is 0.326 e. The molecule has 3 aromatic rings. The molecule has 0 aromatic carbocycles. The van der Waals surface area contributed by atoms with Crippen LogP contribution in [0.5, 0.6) is 0 Å². The van der Waals surface area contributed by atoms with E-state index in [1.165, 1.54) is 6.07 Å². The van der Waals surface area contributed by atoms with Crippen LogP contribution >= 0.6 is 0 Å². The number of unbranched alkanes of at least 4 members (excludes halogenated alkanes) is 1. The first-order valence-electron chi connectivity index (χ1n) is 10.3. The largest absolute Gasteiger partial charge is 0.481 e. The van der Waals surface area contributed by atoms with Gasteiger partial charge in [-0.1, -0.05) is 6.07 Å². The number of nitrogens with two attached hydrogens (primary N) is 1. The number of nitrogens with one attached hydrogen (secondary N) is 3. The van der Waals surface area contributed by atoms with E-state index in [1.54, 1.807) is 18.3 Å². The topological polar surface area (TPSA) is 204 Å². The Hall–Kier alpha value is -4.22. The third kappa shape index (κ3) is 6.38. The smallest absolute Gasteiger partial charge is 0.326 e. The molecule has 0 fully saturated rings. The summed E-state index contributed by atoms with van der Waals surface area (Å²) in [6.45, 7) is 0. The van der Waals surface area contributed by atoms with Crippen LogP contribution in [-0.4, -0.2) is 54.0 Å². The van der Waals surface area contributed by atoms with Gasteiger partial charge in [-0.15, -0.1) is 0 Å². The van der Waals surface area contributed by atoms with Crippen LogP contribution in [0.3, 0.4) is 0 Å². The number of carbonyl (C=O) groups is 3. The minimum Gasteiger partial charge on any atom is -0.481 e. The van der Waals surface area contributed by atoms with Crippen LogP contribution in [0.25, 0.3) is 11.0 Å². The van der Waals surface area contributed by atoms with Gasteiger partial charge in [-0.05, 0) is 49.8 Å². The number of amides is 1. The fourth-order valence-corrected chi connectivity index (χ4v) is 3.33. The molecule has 1 atom stereocenters. The molecule has 7 N–H and O–H groups in total. The first-order chi connectivity index (χ1) is 15.7.